The fourth-order valence-electron chi connectivity index (χ4n) is 3.99. The number of amides is 1. The van der Waals surface area contributed by atoms with Crippen molar-refractivity contribution in [2.45, 2.75) is 38.0 Å². The molecule has 0 atom stereocenters. The summed E-state index contributed by atoms with van der Waals surface area (Å²) in [6, 6.07) is 20.6. The highest BCUT2D eigenvalue weighted by atomic mass is 32.2. The topological polar surface area (TPSA) is 68.2 Å². The number of hydrogen-bond acceptors (Lipinski definition) is 3. The van der Waals surface area contributed by atoms with Crippen molar-refractivity contribution in [1.82, 2.24) is 4.57 Å². The smallest absolute Gasteiger partial charge is 0.244 e. The SMILES string of the molecule is Cc1ccccc1CS(=O)(=O)c1cn(CC(=O)Nc2c(C)cccc2C)c2ccccc12. The monoisotopic (exact) mass is 446 g/mol. The lowest BCUT2D eigenvalue weighted by Crippen LogP contribution is -2.19. The van der Waals surface area contributed by atoms with Crippen LogP contribution >= 0.6 is 0 Å². The van der Waals surface area contributed by atoms with Crippen molar-refractivity contribution >= 4 is 32.3 Å². The van der Waals surface area contributed by atoms with E-state index in [1.54, 1.807) is 16.8 Å². The Morgan fingerprint density at radius 3 is 2.19 bits per heavy atom. The largest absolute Gasteiger partial charge is 0.337 e. The van der Waals surface area contributed by atoms with Gasteiger partial charge in [0.2, 0.25) is 5.91 Å². The first kappa shape index (κ1) is 21.8. The molecule has 0 bridgehead atoms. The van der Waals surface area contributed by atoms with Gasteiger partial charge in [-0.2, -0.15) is 0 Å². The first-order valence-electron chi connectivity index (χ1n) is 10.5. The number of aromatic nitrogens is 1. The molecule has 1 N–H and O–H groups in total. The maximum atomic E-state index is 13.3. The summed E-state index contributed by atoms with van der Waals surface area (Å²) < 4.78 is 28.4. The molecule has 0 spiro atoms. The molecule has 0 fully saturated rings. The highest BCUT2D eigenvalue weighted by molar-refractivity contribution is 7.90. The summed E-state index contributed by atoms with van der Waals surface area (Å²) >= 11 is 0. The van der Waals surface area contributed by atoms with Gasteiger partial charge in [0.25, 0.3) is 0 Å². The lowest BCUT2D eigenvalue weighted by molar-refractivity contribution is -0.116. The summed E-state index contributed by atoms with van der Waals surface area (Å²) in [6.07, 6.45) is 1.59. The van der Waals surface area contributed by atoms with Crippen LogP contribution < -0.4 is 5.32 Å². The minimum absolute atomic E-state index is 0.0220. The number of rotatable bonds is 6. The van der Waals surface area contributed by atoms with Gasteiger partial charge < -0.3 is 9.88 Å². The third-order valence-electron chi connectivity index (χ3n) is 5.75. The third kappa shape index (κ3) is 4.32. The molecule has 1 amide bonds. The zero-order chi connectivity index (χ0) is 22.9. The molecule has 4 rings (SSSR count). The van der Waals surface area contributed by atoms with E-state index in [1.165, 1.54) is 0 Å². The second-order valence-electron chi connectivity index (χ2n) is 8.14. The van der Waals surface area contributed by atoms with Crippen LogP contribution in [-0.4, -0.2) is 18.9 Å². The molecule has 0 saturated carbocycles. The Kier molecular flexibility index (Phi) is 5.89. The number of sulfone groups is 1. The maximum absolute atomic E-state index is 13.3. The first-order chi connectivity index (χ1) is 15.3. The molecule has 0 aliphatic carbocycles. The molecule has 0 radical (unpaired) electrons. The minimum Gasteiger partial charge on any atom is -0.337 e. The molecular formula is C26H26N2O3S. The van der Waals surface area contributed by atoms with E-state index < -0.39 is 9.84 Å². The molecule has 0 aliphatic heterocycles. The Bertz CT molecular complexity index is 1400. The van der Waals surface area contributed by atoms with E-state index in [9.17, 15) is 13.2 Å². The van der Waals surface area contributed by atoms with Crippen molar-refractivity contribution in [2.75, 3.05) is 5.32 Å². The van der Waals surface area contributed by atoms with Crippen molar-refractivity contribution in [3.05, 3.63) is 95.2 Å². The molecule has 1 aromatic heterocycles. The highest BCUT2D eigenvalue weighted by Crippen LogP contribution is 2.29. The second-order valence-corrected chi connectivity index (χ2v) is 10.1. The van der Waals surface area contributed by atoms with Crippen LogP contribution in [0.3, 0.4) is 0 Å². The number of aryl methyl sites for hydroxylation is 3. The number of anilines is 1. The van der Waals surface area contributed by atoms with Gasteiger partial charge in [0.15, 0.2) is 9.84 Å². The number of nitrogens with one attached hydrogen (secondary N) is 1. The number of carbonyl (C=O) groups is 1. The molecule has 1 heterocycles. The Labute approximate surface area is 188 Å². The summed E-state index contributed by atoms with van der Waals surface area (Å²) in [5.74, 6) is -0.284. The van der Waals surface area contributed by atoms with Crippen LogP contribution in [0.4, 0.5) is 5.69 Å². The van der Waals surface area contributed by atoms with Crippen molar-refractivity contribution < 1.29 is 13.2 Å². The number of benzene rings is 3. The van der Waals surface area contributed by atoms with E-state index in [4.69, 9.17) is 0 Å². The molecule has 5 nitrogen and oxygen atoms in total. The zero-order valence-corrected chi connectivity index (χ0v) is 19.2. The molecule has 0 saturated heterocycles. The summed E-state index contributed by atoms with van der Waals surface area (Å²) in [5, 5.41) is 3.60. The molecule has 0 unspecified atom stereocenters. The van der Waals surface area contributed by atoms with Gasteiger partial charge >= 0.3 is 0 Å². The van der Waals surface area contributed by atoms with Gasteiger partial charge in [0.05, 0.1) is 10.6 Å². The minimum atomic E-state index is -3.60. The Morgan fingerprint density at radius 2 is 1.47 bits per heavy atom. The van der Waals surface area contributed by atoms with Gasteiger partial charge in [-0.05, 0) is 49.1 Å². The lowest BCUT2D eigenvalue weighted by atomic mass is 10.1. The van der Waals surface area contributed by atoms with Crippen LogP contribution in [0, 0.1) is 20.8 Å². The number of fused-ring (bicyclic) bond motifs is 1. The Hall–Kier alpha value is -3.38. The normalized spacial score (nSPS) is 11.6. The zero-order valence-electron chi connectivity index (χ0n) is 18.4. The molecule has 3 aromatic carbocycles. The Morgan fingerprint density at radius 1 is 0.844 bits per heavy atom. The van der Waals surface area contributed by atoms with E-state index in [0.29, 0.717) is 10.9 Å². The van der Waals surface area contributed by atoms with Gasteiger partial charge in [0, 0.05) is 22.8 Å². The summed E-state index contributed by atoms with van der Waals surface area (Å²) in [4.78, 5) is 13.1. The molecule has 32 heavy (non-hydrogen) atoms. The van der Waals surface area contributed by atoms with Crippen LogP contribution in [0.15, 0.2) is 77.8 Å². The standard InChI is InChI=1S/C26H26N2O3S/c1-18-9-4-5-12-21(18)17-32(30,31)24-15-28(23-14-7-6-13-22(23)24)16-25(29)27-26-19(2)10-8-11-20(26)3/h4-15H,16-17H2,1-3H3,(H,27,29). The summed E-state index contributed by atoms with van der Waals surface area (Å²) in [5.41, 5.74) is 5.19. The van der Waals surface area contributed by atoms with Crippen LogP contribution in [0.1, 0.15) is 22.3 Å². The van der Waals surface area contributed by atoms with Crippen molar-refractivity contribution in [3.63, 3.8) is 0 Å². The number of carbonyl (C=O) groups excluding carboxylic acids is 1. The quantitative estimate of drug-likeness (QED) is 0.444. The molecule has 0 aliphatic rings. The fraction of sp³-hybridized carbons (Fsp3) is 0.192. The predicted octanol–water partition coefficient (Wildman–Crippen LogP) is 5.18. The van der Waals surface area contributed by atoms with Crippen LogP contribution in [0.25, 0.3) is 10.9 Å². The third-order valence-corrected chi connectivity index (χ3v) is 7.44. The predicted molar refractivity (Wildman–Crippen MR) is 129 cm³/mol. The van der Waals surface area contributed by atoms with Crippen LogP contribution in [0.2, 0.25) is 0 Å². The average Bonchev–Trinajstić information content (AvgIpc) is 3.12. The van der Waals surface area contributed by atoms with Crippen molar-refractivity contribution in [3.8, 4) is 0 Å². The fourth-order valence-corrected chi connectivity index (χ4v) is 5.68. The van der Waals surface area contributed by atoms with E-state index in [0.717, 1.165) is 27.9 Å². The average molecular weight is 447 g/mol. The molecule has 4 aromatic rings. The highest BCUT2D eigenvalue weighted by Gasteiger charge is 2.23. The van der Waals surface area contributed by atoms with Crippen LogP contribution in [0.5, 0.6) is 0 Å². The number of hydrogen-bond donors (Lipinski definition) is 1. The van der Waals surface area contributed by atoms with Gasteiger partial charge in [-0.1, -0.05) is 60.7 Å². The van der Waals surface area contributed by atoms with Crippen molar-refractivity contribution in [2.24, 2.45) is 0 Å². The second kappa shape index (κ2) is 8.63. The number of nitrogens with zero attached hydrogens (tertiary/aromatic N) is 1. The molecule has 6 heteroatoms. The van der Waals surface area contributed by atoms with E-state index >= 15 is 0 Å². The lowest BCUT2D eigenvalue weighted by Gasteiger charge is -2.12. The molecule has 164 valence electrons. The first-order valence-corrected chi connectivity index (χ1v) is 12.1. The van der Waals surface area contributed by atoms with E-state index in [2.05, 4.69) is 5.32 Å². The van der Waals surface area contributed by atoms with Crippen LogP contribution in [-0.2, 0) is 26.9 Å². The van der Waals surface area contributed by atoms with Crippen molar-refractivity contribution in [1.29, 1.82) is 0 Å². The van der Waals surface area contributed by atoms with Gasteiger partial charge in [0.1, 0.15) is 6.54 Å². The van der Waals surface area contributed by atoms with Gasteiger partial charge in [-0.3, -0.25) is 4.79 Å². The number of para-hydroxylation sites is 2. The van der Waals surface area contributed by atoms with E-state index in [1.807, 2.05) is 81.4 Å². The van der Waals surface area contributed by atoms with Gasteiger partial charge in [-0.15, -0.1) is 0 Å². The summed E-state index contributed by atoms with van der Waals surface area (Å²) in [6.45, 7) is 5.83. The maximum Gasteiger partial charge on any atom is 0.244 e. The Balaban J connectivity index is 1.67. The van der Waals surface area contributed by atoms with E-state index in [-0.39, 0.29) is 23.1 Å². The summed E-state index contributed by atoms with van der Waals surface area (Å²) in [7, 11) is -3.60. The molecular weight excluding hydrogens is 420 g/mol. The van der Waals surface area contributed by atoms with Gasteiger partial charge in [-0.25, -0.2) is 8.42 Å².